The van der Waals surface area contributed by atoms with Crippen molar-refractivity contribution in [1.82, 2.24) is 4.57 Å². The Kier molecular flexibility index (Phi) is 3.47. The van der Waals surface area contributed by atoms with Gasteiger partial charge in [-0.1, -0.05) is 35.9 Å². The summed E-state index contributed by atoms with van der Waals surface area (Å²) in [5.74, 6) is -0.386. The number of hydrogen-bond donors (Lipinski definition) is 1. The molecule has 3 rings (SSSR count). The lowest BCUT2D eigenvalue weighted by atomic mass is 10.1. The van der Waals surface area contributed by atoms with Gasteiger partial charge in [-0.15, -0.1) is 0 Å². The molecule has 0 radical (unpaired) electrons. The minimum absolute atomic E-state index is 0.185. The van der Waals surface area contributed by atoms with Gasteiger partial charge in [0.15, 0.2) is 0 Å². The molecule has 2 nitrogen and oxygen atoms in total. The Morgan fingerprint density at radius 2 is 2.00 bits per heavy atom. The minimum atomic E-state index is -0.386. The summed E-state index contributed by atoms with van der Waals surface area (Å²) in [6, 6.07) is 13.0. The van der Waals surface area contributed by atoms with Crippen LogP contribution in [0.3, 0.4) is 0 Å². The molecule has 0 aliphatic heterocycles. The van der Waals surface area contributed by atoms with Crippen molar-refractivity contribution in [3.05, 3.63) is 70.6 Å². The van der Waals surface area contributed by atoms with Gasteiger partial charge in [0.25, 0.3) is 0 Å². The van der Waals surface area contributed by atoms with Gasteiger partial charge in [-0.3, -0.25) is 0 Å². The largest absolute Gasteiger partial charge is 0.343 e. The zero-order chi connectivity index (χ0) is 14.1. The molecular weight excluding hydrogens is 275 g/mol. The van der Waals surface area contributed by atoms with Crippen LogP contribution < -0.4 is 5.73 Å². The molecule has 0 atom stereocenters. The number of fused-ring (bicyclic) bond motifs is 1. The van der Waals surface area contributed by atoms with E-state index in [1.807, 2.05) is 30.5 Å². The van der Waals surface area contributed by atoms with Crippen molar-refractivity contribution in [3.63, 3.8) is 0 Å². The van der Waals surface area contributed by atoms with Crippen LogP contribution in [0.1, 0.15) is 11.1 Å². The van der Waals surface area contributed by atoms with Crippen molar-refractivity contribution in [1.29, 1.82) is 0 Å². The highest BCUT2D eigenvalue weighted by Crippen LogP contribution is 2.23. The van der Waals surface area contributed by atoms with Crippen LogP contribution in [0.25, 0.3) is 10.9 Å². The first-order valence-electron chi connectivity index (χ1n) is 6.40. The predicted molar refractivity (Wildman–Crippen MR) is 80.3 cm³/mol. The van der Waals surface area contributed by atoms with Gasteiger partial charge < -0.3 is 10.3 Å². The summed E-state index contributed by atoms with van der Waals surface area (Å²) in [6.45, 7) is 1.04. The Morgan fingerprint density at radius 3 is 2.80 bits per heavy atom. The molecule has 0 unspecified atom stereocenters. The van der Waals surface area contributed by atoms with E-state index in [4.69, 9.17) is 17.3 Å². The molecule has 2 aromatic carbocycles. The number of hydrogen-bond acceptors (Lipinski definition) is 1. The molecule has 2 N–H and O–H groups in total. The average Bonchev–Trinajstić information content (AvgIpc) is 2.86. The first-order chi connectivity index (χ1) is 9.69. The molecule has 0 aliphatic rings. The fraction of sp³-hybridized carbons (Fsp3) is 0.125. The fourth-order valence-electron chi connectivity index (χ4n) is 2.35. The van der Waals surface area contributed by atoms with E-state index in [2.05, 4.69) is 10.6 Å². The molecule has 20 heavy (non-hydrogen) atoms. The summed E-state index contributed by atoms with van der Waals surface area (Å²) in [6.07, 6.45) is 1.98. The molecule has 0 aliphatic carbocycles. The number of rotatable bonds is 3. The van der Waals surface area contributed by atoms with Crippen molar-refractivity contribution in [2.75, 3.05) is 0 Å². The number of aromatic nitrogens is 1. The van der Waals surface area contributed by atoms with E-state index in [1.165, 1.54) is 6.07 Å². The number of benzene rings is 2. The van der Waals surface area contributed by atoms with Crippen LogP contribution >= 0.6 is 11.6 Å². The van der Waals surface area contributed by atoms with Gasteiger partial charge in [-0.25, -0.2) is 4.39 Å². The average molecular weight is 289 g/mol. The third-order valence-electron chi connectivity index (χ3n) is 3.45. The van der Waals surface area contributed by atoms with E-state index >= 15 is 0 Å². The summed E-state index contributed by atoms with van der Waals surface area (Å²) in [5, 5.41) is 1.32. The zero-order valence-electron chi connectivity index (χ0n) is 10.8. The first kappa shape index (κ1) is 13.2. The molecule has 1 heterocycles. The summed E-state index contributed by atoms with van der Waals surface area (Å²) in [7, 11) is 0. The lowest BCUT2D eigenvalue weighted by Gasteiger charge is -2.09. The van der Waals surface area contributed by atoms with Crippen LogP contribution in [0.5, 0.6) is 0 Å². The number of nitrogens with two attached hydrogens (primary N) is 1. The zero-order valence-corrected chi connectivity index (χ0v) is 11.6. The van der Waals surface area contributed by atoms with E-state index in [-0.39, 0.29) is 10.8 Å². The minimum Gasteiger partial charge on any atom is -0.343 e. The molecule has 102 valence electrons. The molecule has 0 bridgehead atoms. The highest BCUT2D eigenvalue weighted by Gasteiger charge is 2.08. The third-order valence-corrected chi connectivity index (χ3v) is 3.87. The number of halogens is 2. The normalized spacial score (nSPS) is 11.2. The maximum Gasteiger partial charge on any atom is 0.142 e. The van der Waals surface area contributed by atoms with Gasteiger partial charge in [-0.05, 0) is 34.7 Å². The third kappa shape index (κ3) is 2.30. The first-order valence-corrected chi connectivity index (χ1v) is 6.77. The summed E-state index contributed by atoms with van der Waals surface area (Å²) in [4.78, 5) is 0. The van der Waals surface area contributed by atoms with Crippen molar-refractivity contribution in [2.45, 2.75) is 13.1 Å². The Labute approximate surface area is 121 Å². The van der Waals surface area contributed by atoms with Crippen molar-refractivity contribution in [3.8, 4) is 0 Å². The van der Waals surface area contributed by atoms with Gasteiger partial charge in [0.05, 0.1) is 5.02 Å². The van der Waals surface area contributed by atoms with Crippen LogP contribution in [0.2, 0.25) is 5.02 Å². The highest BCUT2D eigenvalue weighted by atomic mass is 35.5. The summed E-state index contributed by atoms with van der Waals surface area (Å²) >= 11 is 6.01. The Bertz CT molecular complexity index is 764. The smallest absolute Gasteiger partial charge is 0.142 e. The second kappa shape index (κ2) is 5.27. The Balaban J connectivity index is 2.04. The van der Waals surface area contributed by atoms with Gasteiger partial charge >= 0.3 is 0 Å². The monoisotopic (exact) mass is 288 g/mol. The van der Waals surface area contributed by atoms with Crippen LogP contribution in [0, 0.1) is 5.82 Å². The maximum absolute atomic E-state index is 13.5. The Morgan fingerprint density at radius 1 is 1.15 bits per heavy atom. The van der Waals surface area contributed by atoms with Gasteiger partial charge in [0.1, 0.15) is 5.82 Å². The van der Waals surface area contributed by atoms with E-state index in [9.17, 15) is 4.39 Å². The summed E-state index contributed by atoms with van der Waals surface area (Å²) in [5.41, 5.74) is 8.59. The van der Waals surface area contributed by atoms with Gasteiger partial charge in [0, 0.05) is 24.8 Å². The topological polar surface area (TPSA) is 30.9 Å². The highest BCUT2D eigenvalue weighted by molar-refractivity contribution is 6.31. The van der Waals surface area contributed by atoms with E-state index in [0.717, 1.165) is 22.0 Å². The molecule has 0 saturated heterocycles. The fourth-order valence-corrected chi connectivity index (χ4v) is 2.53. The molecule has 0 fully saturated rings. The van der Waals surface area contributed by atoms with Crippen LogP contribution in [0.4, 0.5) is 4.39 Å². The number of nitrogens with zero attached hydrogens (tertiary/aromatic N) is 1. The lowest BCUT2D eigenvalue weighted by Crippen LogP contribution is -2.01. The molecule has 0 saturated carbocycles. The molecular formula is C16H14ClFN2. The van der Waals surface area contributed by atoms with Crippen LogP contribution in [-0.4, -0.2) is 4.57 Å². The van der Waals surface area contributed by atoms with Crippen molar-refractivity contribution in [2.24, 2.45) is 5.73 Å². The predicted octanol–water partition coefficient (Wildman–Crippen LogP) is 3.94. The molecule has 0 spiro atoms. The van der Waals surface area contributed by atoms with E-state index < -0.39 is 0 Å². The molecule has 3 aromatic rings. The quantitative estimate of drug-likeness (QED) is 0.777. The second-order valence-corrected chi connectivity index (χ2v) is 5.13. The van der Waals surface area contributed by atoms with Crippen LogP contribution in [-0.2, 0) is 13.1 Å². The maximum atomic E-state index is 13.5. The molecule has 0 amide bonds. The van der Waals surface area contributed by atoms with Crippen molar-refractivity contribution >= 4 is 22.5 Å². The van der Waals surface area contributed by atoms with Gasteiger partial charge in [-0.2, -0.15) is 0 Å². The van der Waals surface area contributed by atoms with Crippen LogP contribution in [0.15, 0.2) is 48.7 Å². The summed E-state index contributed by atoms with van der Waals surface area (Å²) < 4.78 is 15.5. The second-order valence-electron chi connectivity index (χ2n) is 4.75. The molecule has 4 heteroatoms. The lowest BCUT2D eigenvalue weighted by molar-refractivity contribution is 0.624. The van der Waals surface area contributed by atoms with E-state index in [1.54, 1.807) is 6.07 Å². The van der Waals surface area contributed by atoms with E-state index in [0.29, 0.717) is 13.1 Å². The Hall–Kier alpha value is -1.84. The van der Waals surface area contributed by atoms with Gasteiger partial charge in [0.2, 0.25) is 0 Å². The van der Waals surface area contributed by atoms with Crippen molar-refractivity contribution < 1.29 is 4.39 Å². The molecule has 1 aromatic heterocycles. The SMILES string of the molecule is NCc1ccc2ccn(Cc3cccc(F)c3Cl)c2c1. The standard InChI is InChI=1S/C16H14ClFN2/c17-16-13(2-1-3-14(16)18)10-20-7-6-12-5-4-11(9-19)8-15(12)20/h1-8H,9-10,19H2.